The quantitative estimate of drug-likeness (QED) is 0.396. The first-order valence-electron chi connectivity index (χ1n) is 12.2. The van der Waals surface area contributed by atoms with E-state index in [0.717, 1.165) is 27.8 Å². The van der Waals surface area contributed by atoms with Crippen molar-refractivity contribution in [1.29, 1.82) is 0 Å². The second-order valence-electron chi connectivity index (χ2n) is 9.48. The summed E-state index contributed by atoms with van der Waals surface area (Å²) in [4.78, 5) is 26.9. The van der Waals surface area contributed by atoms with Crippen LogP contribution >= 0.6 is 0 Å². The van der Waals surface area contributed by atoms with E-state index >= 15 is 0 Å². The molecule has 1 aromatic heterocycles. The van der Waals surface area contributed by atoms with Crippen LogP contribution in [-0.2, 0) is 24.3 Å². The summed E-state index contributed by atoms with van der Waals surface area (Å²) in [5.41, 5.74) is 6.33. The molecule has 1 N–H and O–H groups in total. The first kappa shape index (κ1) is 23.7. The number of rotatable bonds is 7. The highest BCUT2D eigenvalue weighted by Crippen LogP contribution is 2.34. The molecule has 1 aliphatic rings. The summed E-state index contributed by atoms with van der Waals surface area (Å²) in [6.45, 7) is 7.32. The van der Waals surface area contributed by atoms with Gasteiger partial charge in [-0.15, -0.1) is 0 Å². The van der Waals surface area contributed by atoms with Crippen LogP contribution in [0.25, 0.3) is 10.9 Å². The highest BCUT2D eigenvalue weighted by atomic mass is 16.6. The fraction of sp³-hybridized carbons (Fsp3) is 0.267. The van der Waals surface area contributed by atoms with Gasteiger partial charge in [0.1, 0.15) is 13.2 Å². The first-order chi connectivity index (χ1) is 17.4. The van der Waals surface area contributed by atoms with Crippen molar-refractivity contribution in [2.24, 2.45) is 0 Å². The Labute approximate surface area is 210 Å². The molecule has 6 nitrogen and oxygen atoms in total. The Morgan fingerprint density at radius 3 is 2.31 bits per heavy atom. The van der Waals surface area contributed by atoms with Crippen molar-refractivity contribution in [3.05, 3.63) is 98.8 Å². The smallest absolute Gasteiger partial charge is 0.256 e. The molecule has 0 atom stereocenters. The molecular weight excluding hydrogens is 452 g/mol. The van der Waals surface area contributed by atoms with Crippen molar-refractivity contribution in [3.8, 4) is 11.5 Å². The van der Waals surface area contributed by atoms with Gasteiger partial charge >= 0.3 is 0 Å². The highest BCUT2D eigenvalue weighted by Gasteiger charge is 2.19. The summed E-state index contributed by atoms with van der Waals surface area (Å²) < 4.78 is 13.1. The molecule has 0 unspecified atom stereocenters. The standard InChI is InChI=1S/C30H30N2O4/c1-19-5-8-25(9-6-19)31-17-24-13-23-15-28-29(36-11-10-35-28)16-27(23)32(30(24)34)18-26(33)14-22-12-20(2)4-7-21(22)3/h4-9,12-13,15-16,31H,10-11,14,17-18H2,1-3H3. The van der Waals surface area contributed by atoms with Crippen molar-refractivity contribution in [2.75, 3.05) is 18.5 Å². The predicted octanol–water partition coefficient (Wildman–Crippen LogP) is 5.12. The zero-order valence-corrected chi connectivity index (χ0v) is 20.9. The van der Waals surface area contributed by atoms with E-state index in [0.29, 0.717) is 42.3 Å². The third kappa shape index (κ3) is 4.98. The number of Topliss-reactive ketones (excluding diaryl/α,β-unsaturated/α-hetero) is 1. The molecule has 36 heavy (non-hydrogen) atoms. The van der Waals surface area contributed by atoms with Crippen molar-refractivity contribution < 1.29 is 14.3 Å². The lowest BCUT2D eigenvalue weighted by Crippen LogP contribution is -2.29. The molecule has 0 spiro atoms. The number of fused-ring (bicyclic) bond motifs is 2. The van der Waals surface area contributed by atoms with Crippen molar-refractivity contribution in [3.63, 3.8) is 0 Å². The van der Waals surface area contributed by atoms with Crippen LogP contribution in [-0.4, -0.2) is 23.6 Å². The Balaban J connectivity index is 1.51. The van der Waals surface area contributed by atoms with Gasteiger partial charge in [-0.25, -0.2) is 0 Å². The molecule has 0 aliphatic carbocycles. The average molecular weight is 483 g/mol. The Kier molecular flexibility index (Phi) is 6.51. The molecule has 0 fully saturated rings. The number of ketones is 1. The largest absolute Gasteiger partial charge is 0.486 e. The highest BCUT2D eigenvalue weighted by molar-refractivity contribution is 5.87. The van der Waals surface area contributed by atoms with Gasteiger partial charge in [-0.2, -0.15) is 0 Å². The van der Waals surface area contributed by atoms with Crippen LogP contribution in [0.2, 0.25) is 0 Å². The van der Waals surface area contributed by atoms with Crippen molar-refractivity contribution in [2.45, 2.75) is 40.3 Å². The number of anilines is 1. The SMILES string of the molecule is Cc1ccc(NCc2cc3cc4c(cc3n(CC(=O)Cc3cc(C)ccc3C)c2=O)OCCO4)cc1. The molecule has 0 bridgehead atoms. The van der Waals surface area contributed by atoms with Gasteiger partial charge in [0, 0.05) is 35.7 Å². The van der Waals surface area contributed by atoms with Gasteiger partial charge in [0.15, 0.2) is 17.3 Å². The second-order valence-corrected chi connectivity index (χ2v) is 9.48. The number of carbonyl (C=O) groups excluding carboxylic acids is 1. The Hall–Kier alpha value is -4.06. The molecule has 184 valence electrons. The fourth-order valence-corrected chi connectivity index (χ4v) is 4.56. The van der Waals surface area contributed by atoms with Gasteiger partial charge in [-0.1, -0.05) is 41.5 Å². The summed E-state index contributed by atoms with van der Waals surface area (Å²) in [5.74, 6) is 1.22. The number of pyridine rings is 1. The maximum Gasteiger partial charge on any atom is 0.256 e. The van der Waals surface area contributed by atoms with Gasteiger partial charge in [0.25, 0.3) is 5.56 Å². The van der Waals surface area contributed by atoms with E-state index < -0.39 is 0 Å². The number of ether oxygens (including phenoxy) is 2. The summed E-state index contributed by atoms with van der Waals surface area (Å²) in [6, 6.07) is 19.7. The second kappa shape index (κ2) is 9.90. The molecule has 0 saturated carbocycles. The molecule has 0 amide bonds. The van der Waals surface area contributed by atoms with Crippen molar-refractivity contribution in [1.82, 2.24) is 4.57 Å². The summed E-state index contributed by atoms with van der Waals surface area (Å²) >= 11 is 0. The minimum atomic E-state index is -0.187. The molecule has 0 radical (unpaired) electrons. The zero-order valence-electron chi connectivity index (χ0n) is 20.9. The van der Waals surface area contributed by atoms with Crippen molar-refractivity contribution >= 4 is 22.4 Å². The Morgan fingerprint density at radius 2 is 1.56 bits per heavy atom. The number of nitrogens with one attached hydrogen (secondary N) is 1. The van der Waals surface area contributed by atoms with Gasteiger partial charge in [-0.05, 0) is 56.2 Å². The van der Waals surface area contributed by atoms with E-state index in [9.17, 15) is 9.59 Å². The number of carbonyl (C=O) groups is 1. The zero-order chi connectivity index (χ0) is 25.2. The first-order valence-corrected chi connectivity index (χ1v) is 12.2. The van der Waals surface area contributed by atoms with E-state index in [1.807, 2.05) is 81.4 Å². The molecule has 3 aromatic carbocycles. The summed E-state index contributed by atoms with van der Waals surface area (Å²) in [6.07, 6.45) is 0.276. The van der Waals surface area contributed by atoms with Crippen LogP contribution in [0.1, 0.15) is 27.8 Å². The molecule has 4 aromatic rings. The van der Waals surface area contributed by atoms with Crippen LogP contribution in [0.15, 0.2) is 65.5 Å². The molecule has 6 heteroatoms. The molecule has 2 heterocycles. The molecular formula is C30H30N2O4. The van der Waals surface area contributed by atoms with E-state index in [1.165, 1.54) is 5.56 Å². The average Bonchev–Trinajstić information content (AvgIpc) is 2.87. The number of hydrogen-bond acceptors (Lipinski definition) is 5. The van der Waals surface area contributed by atoms with Gasteiger partial charge in [0.2, 0.25) is 0 Å². The molecule has 0 saturated heterocycles. The topological polar surface area (TPSA) is 69.6 Å². The van der Waals surface area contributed by atoms with E-state index in [2.05, 4.69) is 5.32 Å². The summed E-state index contributed by atoms with van der Waals surface area (Å²) in [7, 11) is 0. The van der Waals surface area contributed by atoms with Crippen LogP contribution in [0.5, 0.6) is 11.5 Å². The maximum atomic E-state index is 13.6. The third-order valence-electron chi connectivity index (χ3n) is 6.59. The predicted molar refractivity (Wildman–Crippen MR) is 142 cm³/mol. The van der Waals surface area contributed by atoms with Crippen LogP contribution in [0.4, 0.5) is 5.69 Å². The number of benzene rings is 3. The monoisotopic (exact) mass is 482 g/mol. The maximum absolute atomic E-state index is 13.6. The normalized spacial score (nSPS) is 12.5. The van der Waals surface area contributed by atoms with Crippen LogP contribution in [0, 0.1) is 20.8 Å². The number of nitrogens with zero attached hydrogens (tertiary/aromatic N) is 1. The lowest BCUT2D eigenvalue weighted by molar-refractivity contribution is -0.119. The summed E-state index contributed by atoms with van der Waals surface area (Å²) in [5, 5.41) is 4.17. The lowest BCUT2D eigenvalue weighted by Gasteiger charge is -2.21. The Morgan fingerprint density at radius 1 is 0.861 bits per heavy atom. The molecule has 1 aliphatic heterocycles. The van der Waals surface area contributed by atoms with Crippen LogP contribution < -0.4 is 20.3 Å². The fourth-order valence-electron chi connectivity index (χ4n) is 4.56. The number of aromatic nitrogens is 1. The van der Waals surface area contributed by atoms with E-state index in [1.54, 1.807) is 4.57 Å². The van der Waals surface area contributed by atoms with E-state index in [4.69, 9.17) is 9.47 Å². The minimum absolute atomic E-state index is 0.0132. The van der Waals surface area contributed by atoms with Crippen LogP contribution in [0.3, 0.4) is 0 Å². The lowest BCUT2D eigenvalue weighted by atomic mass is 10.0. The molecule has 5 rings (SSSR count). The van der Waals surface area contributed by atoms with Gasteiger partial charge in [-0.3, -0.25) is 9.59 Å². The third-order valence-corrected chi connectivity index (χ3v) is 6.59. The van der Waals surface area contributed by atoms with Gasteiger partial charge in [0.05, 0.1) is 12.1 Å². The minimum Gasteiger partial charge on any atom is -0.486 e. The van der Waals surface area contributed by atoms with E-state index in [-0.39, 0.29) is 24.3 Å². The van der Waals surface area contributed by atoms with Gasteiger partial charge < -0.3 is 19.4 Å². The number of hydrogen-bond donors (Lipinski definition) is 1. The Bertz CT molecular complexity index is 1500. The number of aryl methyl sites for hydroxylation is 3.